The quantitative estimate of drug-likeness (QED) is 0.731. The molecule has 0 aromatic heterocycles. The van der Waals surface area contributed by atoms with Crippen LogP contribution in [0.15, 0.2) is 0 Å². The molecule has 0 amide bonds. The van der Waals surface area contributed by atoms with Crippen molar-refractivity contribution < 1.29 is 4.79 Å². The third-order valence-corrected chi connectivity index (χ3v) is 4.08. The Morgan fingerprint density at radius 1 is 1.18 bits per heavy atom. The molecule has 3 heteroatoms. The lowest BCUT2D eigenvalue weighted by molar-refractivity contribution is -0.120. The van der Waals surface area contributed by atoms with Crippen LogP contribution in [0.25, 0.3) is 0 Å². The normalized spacial score (nSPS) is 27.5. The number of hydrogen-bond donors (Lipinski definition) is 0. The standard InChI is InChI=1S/C14H26N2O/c1-2-6-14(17)12-15-10-7-13(11-15)16-8-4-3-5-9-16/h13H,2-12H2,1H3. The van der Waals surface area contributed by atoms with Crippen LogP contribution < -0.4 is 0 Å². The van der Waals surface area contributed by atoms with Gasteiger partial charge in [-0.3, -0.25) is 14.6 Å². The molecule has 98 valence electrons. The van der Waals surface area contributed by atoms with Gasteiger partial charge in [0.15, 0.2) is 0 Å². The van der Waals surface area contributed by atoms with Crippen molar-refractivity contribution in [2.75, 3.05) is 32.7 Å². The molecular weight excluding hydrogens is 212 g/mol. The first-order valence-corrected chi connectivity index (χ1v) is 7.27. The van der Waals surface area contributed by atoms with Crippen LogP contribution >= 0.6 is 0 Å². The van der Waals surface area contributed by atoms with Crippen LogP contribution in [0, 0.1) is 0 Å². The predicted octanol–water partition coefficient (Wildman–Crippen LogP) is 1.92. The zero-order valence-corrected chi connectivity index (χ0v) is 11.2. The highest BCUT2D eigenvalue weighted by atomic mass is 16.1. The van der Waals surface area contributed by atoms with Gasteiger partial charge in [-0.05, 0) is 38.8 Å². The molecule has 17 heavy (non-hydrogen) atoms. The molecule has 2 rings (SSSR count). The van der Waals surface area contributed by atoms with Crippen LogP contribution in [-0.4, -0.2) is 54.3 Å². The summed E-state index contributed by atoms with van der Waals surface area (Å²) in [5.41, 5.74) is 0. The molecule has 2 fully saturated rings. The van der Waals surface area contributed by atoms with Gasteiger partial charge in [0.2, 0.25) is 0 Å². The fourth-order valence-electron chi connectivity index (χ4n) is 3.14. The van der Waals surface area contributed by atoms with E-state index in [2.05, 4.69) is 16.7 Å². The highest BCUT2D eigenvalue weighted by molar-refractivity contribution is 5.80. The first-order chi connectivity index (χ1) is 8.29. The summed E-state index contributed by atoms with van der Waals surface area (Å²) >= 11 is 0. The van der Waals surface area contributed by atoms with E-state index in [9.17, 15) is 4.79 Å². The molecule has 1 unspecified atom stereocenters. The number of carbonyl (C=O) groups excluding carboxylic acids is 1. The first kappa shape index (κ1) is 13.0. The van der Waals surface area contributed by atoms with Gasteiger partial charge in [-0.15, -0.1) is 0 Å². The van der Waals surface area contributed by atoms with Crippen molar-refractivity contribution in [3.05, 3.63) is 0 Å². The van der Waals surface area contributed by atoms with E-state index in [0.29, 0.717) is 12.3 Å². The summed E-state index contributed by atoms with van der Waals surface area (Å²) < 4.78 is 0. The number of ketones is 1. The maximum Gasteiger partial charge on any atom is 0.146 e. The Labute approximate surface area is 105 Å². The minimum absolute atomic E-state index is 0.423. The van der Waals surface area contributed by atoms with E-state index < -0.39 is 0 Å². The van der Waals surface area contributed by atoms with Crippen LogP contribution in [-0.2, 0) is 4.79 Å². The highest BCUT2D eigenvalue weighted by Crippen LogP contribution is 2.20. The van der Waals surface area contributed by atoms with Crippen LogP contribution in [0.3, 0.4) is 0 Å². The topological polar surface area (TPSA) is 23.6 Å². The van der Waals surface area contributed by atoms with Crippen molar-refractivity contribution in [1.82, 2.24) is 9.80 Å². The Morgan fingerprint density at radius 2 is 1.94 bits per heavy atom. The Kier molecular flexibility index (Phi) is 4.99. The van der Waals surface area contributed by atoms with Gasteiger partial charge in [0.1, 0.15) is 5.78 Å². The van der Waals surface area contributed by atoms with E-state index in [1.807, 2.05) is 0 Å². The van der Waals surface area contributed by atoms with E-state index >= 15 is 0 Å². The third-order valence-electron chi connectivity index (χ3n) is 4.08. The van der Waals surface area contributed by atoms with Crippen molar-refractivity contribution in [3.8, 4) is 0 Å². The molecule has 2 aliphatic rings. The summed E-state index contributed by atoms with van der Waals surface area (Å²) in [5, 5.41) is 0. The van der Waals surface area contributed by atoms with Crippen molar-refractivity contribution in [2.45, 2.75) is 51.5 Å². The molecule has 0 aromatic rings. The van der Waals surface area contributed by atoms with Crippen LogP contribution in [0.4, 0.5) is 0 Å². The molecule has 0 N–H and O–H groups in total. The van der Waals surface area contributed by atoms with Gasteiger partial charge < -0.3 is 0 Å². The molecule has 2 heterocycles. The van der Waals surface area contributed by atoms with Crippen molar-refractivity contribution in [3.63, 3.8) is 0 Å². The number of piperidine rings is 1. The number of likely N-dealkylation sites (tertiary alicyclic amines) is 2. The second-order valence-corrected chi connectivity index (χ2v) is 5.56. The van der Waals surface area contributed by atoms with Crippen molar-refractivity contribution >= 4 is 5.78 Å². The summed E-state index contributed by atoms with van der Waals surface area (Å²) in [5.74, 6) is 0.423. The number of Topliss-reactive ketones (excluding diaryl/α,β-unsaturated/α-hetero) is 1. The zero-order valence-electron chi connectivity index (χ0n) is 11.2. The number of carbonyl (C=O) groups is 1. The second-order valence-electron chi connectivity index (χ2n) is 5.56. The second kappa shape index (κ2) is 6.50. The molecule has 0 aromatic carbocycles. The van der Waals surface area contributed by atoms with Gasteiger partial charge in [-0.2, -0.15) is 0 Å². The van der Waals surface area contributed by atoms with Crippen molar-refractivity contribution in [1.29, 1.82) is 0 Å². The average Bonchev–Trinajstić information content (AvgIpc) is 2.79. The molecule has 3 nitrogen and oxygen atoms in total. The summed E-state index contributed by atoms with van der Waals surface area (Å²) in [7, 11) is 0. The SMILES string of the molecule is CCCC(=O)CN1CCC(N2CCCCC2)C1. The number of hydrogen-bond acceptors (Lipinski definition) is 3. The van der Waals surface area contributed by atoms with Crippen LogP contribution in [0.2, 0.25) is 0 Å². The molecule has 0 saturated carbocycles. The van der Waals surface area contributed by atoms with Gasteiger partial charge >= 0.3 is 0 Å². The Morgan fingerprint density at radius 3 is 2.65 bits per heavy atom. The van der Waals surface area contributed by atoms with Crippen molar-refractivity contribution in [2.24, 2.45) is 0 Å². The molecule has 2 saturated heterocycles. The molecule has 1 atom stereocenters. The molecule has 0 spiro atoms. The van der Waals surface area contributed by atoms with Gasteiger partial charge in [0, 0.05) is 25.6 Å². The lowest BCUT2D eigenvalue weighted by Crippen LogP contribution is -2.41. The maximum absolute atomic E-state index is 11.6. The maximum atomic E-state index is 11.6. The minimum Gasteiger partial charge on any atom is -0.299 e. The average molecular weight is 238 g/mol. The van der Waals surface area contributed by atoms with E-state index in [1.165, 1.54) is 38.8 Å². The molecule has 2 aliphatic heterocycles. The molecule has 0 radical (unpaired) electrons. The fourth-order valence-corrected chi connectivity index (χ4v) is 3.14. The fraction of sp³-hybridized carbons (Fsp3) is 0.929. The highest BCUT2D eigenvalue weighted by Gasteiger charge is 2.28. The summed E-state index contributed by atoms with van der Waals surface area (Å²) in [6.07, 6.45) is 7.14. The number of rotatable bonds is 5. The van der Waals surface area contributed by atoms with Gasteiger partial charge in [0.25, 0.3) is 0 Å². The van der Waals surface area contributed by atoms with Gasteiger partial charge in [-0.1, -0.05) is 13.3 Å². The monoisotopic (exact) mass is 238 g/mol. The Hall–Kier alpha value is -0.410. The van der Waals surface area contributed by atoms with Crippen LogP contribution in [0.5, 0.6) is 0 Å². The van der Waals surface area contributed by atoms with Gasteiger partial charge in [0.05, 0.1) is 6.54 Å². The summed E-state index contributed by atoms with van der Waals surface area (Å²) in [6, 6.07) is 0.727. The third kappa shape index (κ3) is 3.78. The van der Waals surface area contributed by atoms with Gasteiger partial charge in [-0.25, -0.2) is 0 Å². The summed E-state index contributed by atoms with van der Waals surface area (Å²) in [4.78, 5) is 16.6. The lowest BCUT2D eigenvalue weighted by Gasteiger charge is -2.32. The summed E-state index contributed by atoms with van der Waals surface area (Å²) in [6.45, 7) is 7.57. The molecule has 0 aliphatic carbocycles. The van der Waals surface area contributed by atoms with E-state index in [4.69, 9.17) is 0 Å². The molecule has 0 bridgehead atoms. The van der Waals surface area contributed by atoms with E-state index in [1.54, 1.807) is 0 Å². The Balaban J connectivity index is 1.73. The first-order valence-electron chi connectivity index (χ1n) is 7.27. The molecular formula is C14H26N2O. The van der Waals surface area contributed by atoms with E-state index in [0.717, 1.165) is 32.0 Å². The number of nitrogens with zero attached hydrogens (tertiary/aromatic N) is 2. The zero-order chi connectivity index (χ0) is 12.1. The smallest absolute Gasteiger partial charge is 0.146 e. The van der Waals surface area contributed by atoms with Crippen LogP contribution in [0.1, 0.15) is 45.4 Å². The predicted molar refractivity (Wildman–Crippen MR) is 70.2 cm³/mol. The Bertz CT molecular complexity index is 249. The van der Waals surface area contributed by atoms with E-state index in [-0.39, 0.29) is 0 Å². The minimum atomic E-state index is 0.423. The lowest BCUT2D eigenvalue weighted by atomic mass is 10.1. The largest absolute Gasteiger partial charge is 0.299 e.